The highest BCUT2D eigenvalue weighted by molar-refractivity contribution is 6.19. The van der Waals surface area contributed by atoms with E-state index in [-0.39, 0.29) is 0 Å². The fourth-order valence-corrected chi connectivity index (χ4v) is 7.44. The Kier molecular flexibility index (Phi) is 5.84. The molecule has 0 amide bonds. The third-order valence-electron chi connectivity index (χ3n) is 9.50. The van der Waals surface area contributed by atoms with Gasteiger partial charge in [0.2, 0.25) is 0 Å². The maximum absolute atomic E-state index is 5.31. The molecule has 10 rings (SSSR count). The first-order valence-corrected chi connectivity index (χ1v) is 16.3. The van der Waals surface area contributed by atoms with Gasteiger partial charge in [-0.1, -0.05) is 121 Å². The maximum Gasteiger partial charge on any atom is 0.145 e. The van der Waals surface area contributed by atoms with Crippen LogP contribution in [-0.4, -0.2) is 19.1 Å². The molecule has 0 bridgehead atoms. The molecule has 3 heterocycles. The standard InChI is InChI=1S/C44H28N4/c1-2-14-29(15-3-1)44-46-38-24-9-11-26-40(38)48(44)31-17-12-16-30(28-31)47-39-25-10-7-21-35(39)42-36(22-13-27-41(42)47)43-34-20-5-4-18-32(34)33-19-6-8-23-37(33)45-43/h1-28H. The Bertz CT molecular complexity index is 2840. The minimum atomic E-state index is 0.924. The zero-order valence-electron chi connectivity index (χ0n) is 26.0. The molecule has 48 heavy (non-hydrogen) atoms. The third-order valence-corrected chi connectivity index (χ3v) is 9.50. The molecule has 0 saturated heterocycles. The topological polar surface area (TPSA) is 35.6 Å². The molecule has 4 nitrogen and oxygen atoms in total. The molecule has 0 radical (unpaired) electrons. The first-order chi connectivity index (χ1) is 23.8. The fourth-order valence-electron chi connectivity index (χ4n) is 7.44. The lowest BCUT2D eigenvalue weighted by Gasteiger charge is -2.14. The Balaban J connectivity index is 1.24. The molecule has 0 fully saturated rings. The molecule has 0 atom stereocenters. The Morgan fingerprint density at radius 2 is 0.979 bits per heavy atom. The number of rotatable bonds is 4. The number of para-hydroxylation sites is 4. The average molecular weight is 613 g/mol. The summed E-state index contributed by atoms with van der Waals surface area (Å²) in [4.78, 5) is 10.4. The van der Waals surface area contributed by atoms with E-state index in [0.717, 1.165) is 67.0 Å². The van der Waals surface area contributed by atoms with Crippen LogP contribution in [0.3, 0.4) is 0 Å². The predicted molar refractivity (Wildman–Crippen MR) is 199 cm³/mol. The molecule has 0 saturated carbocycles. The van der Waals surface area contributed by atoms with Crippen molar-refractivity contribution in [3.63, 3.8) is 0 Å². The first-order valence-electron chi connectivity index (χ1n) is 16.3. The summed E-state index contributed by atoms with van der Waals surface area (Å²) in [5, 5.41) is 5.94. The van der Waals surface area contributed by atoms with E-state index in [1.165, 1.54) is 21.5 Å². The van der Waals surface area contributed by atoms with E-state index in [0.29, 0.717) is 0 Å². The van der Waals surface area contributed by atoms with Gasteiger partial charge >= 0.3 is 0 Å². The molecular formula is C44H28N4. The van der Waals surface area contributed by atoms with Gasteiger partial charge < -0.3 is 4.57 Å². The quantitative estimate of drug-likeness (QED) is 0.185. The van der Waals surface area contributed by atoms with Crippen LogP contribution in [0.1, 0.15) is 0 Å². The summed E-state index contributed by atoms with van der Waals surface area (Å²) in [6.07, 6.45) is 0. The Hall–Kier alpha value is -6.52. The molecule has 0 spiro atoms. The average Bonchev–Trinajstić information content (AvgIpc) is 3.72. The number of fused-ring (bicyclic) bond motifs is 7. The molecular weight excluding hydrogens is 585 g/mol. The van der Waals surface area contributed by atoms with E-state index in [2.05, 4.69) is 167 Å². The van der Waals surface area contributed by atoms with Crippen molar-refractivity contribution in [3.05, 3.63) is 170 Å². The van der Waals surface area contributed by atoms with E-state index in [1.807, 2.05) is 12.1 Å². The van der Waals surface area contributed by atoms with Gasteiger partial charge in [0.05, 0.1) is 33.3 Å². The lowest BCUT2D eigenvalue weighted by molar-refractivity contribution is 1.09. The zero-order chi connectivity index (χ0) is 31.6. The molecule has 224 valence electrons. The van der Waals surface area contributed by atoms with Crippen LogP contribution in [0.15, 0.2) is 170 Å². The summed E-state index contributed by atoms with van der Waals surface area (Å²) < 4.78 is 4.67. The second kappa shape index (κ2) is 10.5. The third kappa shape index (κ3) is 3.96. The smallest absolute Gasteiger partial charge is 0.145 e. The van der Waals surface area contributed by atoms with Gasteiger partial charge in [-0.15, -0.1) is 0 Å². The van der Waals surface area contributed by atoms with E-state index >= 15 is 0 Å². The number of hydrogen-bond donors (Lipinski definition) is 0. The van der Waals surface area contributed by atoms with Gasteiger partial charge in [0.15, 0.2) is 0 Å². The van der Waals surface area contributed by atoms with Crippen molar-refractivity contribution in [3.8, 4) is 34.0 Å². The summed E-state index contributed by atoms with van der Waals surface area (Å²) >= 11 is 0. The maximum atomic E-state index is 5.31. The van der Waals surface area contributed by atoms with Crippen LogP contribution >= 0.6 is 0 Å². The monoisotopic (exact) mass is 612 g/mol. The Morgan fingerprint density at radius 3 is 1.81 bits per heavy atom. The van der Waals surface area contributed by atoms with Crippen molar-refractivity contribution >= 4 is 54.5 Å². The molecule has 0 aliphatic rings. The van der Waals surface area contributed by atoms with Crippen LogP contribution in [0.2, 0.25) is 0 Å². The van der Waals surface area contributed by atoms with E-state index < -0.39 is 0 Å². The van der Waals surface area contributed by atoms with Gasteiger partial charge in [0.1, 0.15) is 5.82 Å². The van der Waals surface area contributed by atoms with Crippen LogP contribution in [0.5, 0.6) is 0 Å². The number of benzene rings is 7. The minimum absolute atomic E-state index is 0.924. The highest BCUT2D eigenvalue weighted by Crippen LogP contribution is 2.41. The summed E-state index contributed by atoms with van der Waals surface area (Å²) in [7, 11) is 0. The van der Waals surface area contributed by atoms with Crippen LogP contribution in [0, 0.1) is 0 Å². The van der Waals surface area contributed by atoms with Gasteiger partial charge in [-0.25, -0.2) is 9.97 Å². The normalized spacial score (nSPS) is 11.8. The van der Waals surface area contributed by atoms with E-state index in [1.54, 1.807) is 0 Å². The van der Waals surface area contributed by atoms with Crippen LogP contribution in [0.25, 0.3) is 88.5 Å². The molecule has 3 aromatic heterocycles. The van der Waals surface area contributed by atoms with Crippen molar-refractivity contribution in [2.24, 2.45) is 0 Å². The lowest BCUT2D eigenvalue weighted by Crippen LogP contribution is -2.00. The largest absolute Gasteiger partial charge is 0.309 e. The zero-order valence-corrected chi connectivity index (χ0v) is 26.0. The second-order valence-corrected chi connectivity index (χ2v) is 12.2. The van der Waals surface area contributed by atoms with Crippen LogP contribution < -0.4 is 0 Å². The number of hydrogen-bond acceptors (Lipinski definition) is 2. The molecule has 0 unspecified atom stereocenters. The molecule has 10 aromatic rings. The summed E-state index contributed by atoms with van der Waals surface area (Å²) in [5.41, 5.74) is 10.7. The Morgan fingerprint density at radius 1 is 0.375 bits per heavy atom. The number of pyridine rings is 1. The Labute approximate surface area is 276 Å². The van der Waals surface area contributed by atoms with Gasteiger partial charge in [-0.05, 0) is 53.9 Å². The van der Waals surface area contributed by atoms with Gasteiger partial charge in [-0.3, -0.25) is 4.57 Å². The molecule has 7 aromatic carbocycles. The van der Waals surface area contributed by atoms with Crippen molar-refractivity contribution in [2.75, 3.05) is 0 Å². The van der Waals surface area contributed by atoms with E-state index in [4.69, 9.17) is 9.97 Å². The number of aromatic nitrogens is 4. The minimum Gasteiger partial charge on any atom is -0.309 e. The molecule has 0 aliphatic carbocycles. The van der Waals surface area contributed by atoms with Crippen molar-refractivity contribution in [2.45, 2.75) is 0 Å². The number of imidazole rings is 1. The fraction of sp³-hybridized carbons (Fsp3) is 0. The van der Waals surface area contributed by atoms with Crippen LogP contribution in [0.4, 0.5) is 0 Å². The lowest BCUT2D eigenvalue weighted by atomic mass is 9.97. The van der Waals surface area contributed by atoms with Gasteiger partial charge in [0.25, 0.3) is 0 Å². The van der Waals surface area contributed by atoms with E-state index in [9.17, 15) is 0 Å². The molecule has 0 N–H and O–H groups in total. The van der Waals surface area contributed by atoms with Gasteiger partial charge in [-0.2, -0.15) is 0 Å². The van der Waals surface area contributed by atoms with Crippen molar-refractivity contribution in [1.82, 2.24) is 19.1 Å². The highest BCUT2D eigenvalue weighted by Gasteiger charge is 2.20. The summed E-state index contributed by atoms with van der Waals surface area (Å²) in [5.74, 6) is 0.924. The molecule has 4 heteroatoms. The SMILES string of the molecule is c1ccc(-c2nc3ccccc3n2-c2cccc(-n3c4ccccc4c4c(-c5nc6ccccc6c6ccccc56)cccc43)c2)cc1. The summed E-state index contributed by atoms with van der Waals surface area (Å²) in [6, 6.07) is 60.0. The number of nitrogens with zero attached hydrogens (tertiary/aromatic N) is 4. The second-order valence-electron chi connectivity index (χ2n) is 12.2. The first kappa shape index (κ1) is 26.7. The van der Waals surface area contributed by atoms with Gasteiger partial charge in [0, 0.05) is 44.0 Å². The summed E-state index contributed by atoms with van der Waals surface area (Å²) in [6.45, 7) is 0. The van der Waals surface area contributed by atoms with Crippen LogP contribution in [-0.2, 0) is 0 Å². The van der Waals surface area contributed by atoms with Crippen molar-refractivity contribution < 1.29 is 0 Å². The van der Waals surface area contributed by atoms with Crippen molar-refractivity contribution in [1.29, 1.82) is 0 Å². The predicted octanol–water partition coefficient (Wildman–Crippen LogP) is 11.2. The highest BCUT2D eigenvalue weighted by atomic mass is 15.1. The molecule has 0 aliphatic heterocycles.